The quantitative estimate of drug-likeness (QED) is 0.435. The number of hydrogen-bond donors (Lipinski definition) is 1. The van der Waals surface area contributed by atoms with E-state index >= 15 is 0 Å². The Kier molecular flexibility index (Phi) is 1.86. The Bertz CT molecular complexity index is 82.4. The summed E-state index contributed by atoms with van der Waals surface area (Å²) in [6.45, 7) is 2.20. The summed E-state index contributed by atoms with van der Waals surface area (Å²) < 4.78 is 0. The van der Waals surface area contributed by atoms with Gasteiger partial charge in [-0.3, -0.25) is 4.79 Å². The van der Waals surface area contributed by atoms with Crippen LogP contribution in [-0.2, 0) is 4.79 Å². The maximum Gasteiger partial charge on any atom is 0.221 e. The zero-order valence-electron chi connectivity index (χ0n) is 4.68. The molecule has 3 nitrogen and oxygen atoms in total. The van der Waals surface area contributed by atoms with Crippen molar-refractivity contribution in [2.75, 3.05) is 19.6 Å². The molecule has 0 atom stereocenters. The fourth-order valence-electron chi connectivity index (χ4n) is 0.655. The lowest BCUT2D eigenvalue weighted by Gasteiger charge is -1.92. The number of nitrogens with zero attached hydrogens (tertiary/aromatic N) is 1. The second-order valence-electron chi connectivity index (χ2n) is 1.77. The molecule has 0 aliphatic carbocycles. The number of nitrogens with one attached hydrogen (secondary N) is 1. The van der Waals surface area contributed by atoms with Gasteiger partial charge in [0.05, 0.1) is 0 Å². The van der Waals surface area contributed by atoms with Crippen molar-refractivity contribution in [3.63, 3.8) is 0 Å². The molecule has 1 rings (SSSR count). The van der Waals surface area contributed by atoms with Crippen LogP contribution < -0.4 is 10.6 Å². The van der Waals surface area contributed by atoms with Crippen LogP contribution in [0.15, 0.2) is 0 Å². The second kappa shape index (κ2) is 2.67. The number of amides is 1. The van der Waals surface area contributed by atoms with E-state index in [-0.39, 0.29) is 5.91 Å². The van der Waals surface area contributed by atoms with Crippen molar-refractivity contribution in [3.05, 3.63) is 0 Å². The third kappa shape index (κ3) is 1.50. The summed E-state index contributed by atoms with van der Waals surface area (Å²) in [7, 11) is 0. The highest BCUT2D eigenvalue weighted by atomic mass is 16.1. The lowest BCUT2D eigenvalue weighted by molar-refractivity contribution is -0.120. The van der Waals surface area contributed by atoms with Crippen LogP contribution >= 0.6 is 0 Å². The number of rotatable bonds is 0. The smallest absolute Gasteiger partial charge is 0.221 e. The monoisotopic (exact) mass is 113 g/mol. The van der Waals surface area contributed by atoms with E-state index < -0.39 is 0 Å². The zero-order chi connectivity index (χ0) is 5.82. The maximum atomic E-state index is 10.5. The van der Waals surface area contributed by atoms with E-state index in [2.05, 4.69) is 10.6 Å². The molecule has 3 heteroatoms. The lowest BCUT2D eigenvalue weighted by atomic mass is 10.4. The lowest BCUT2D eigenvalue weighted by Crippen LogP contribution is -2.23. The maximum absolute atomic E-state index is 10.5. The van der Waals surface area contributed by atoms with Gasteiger partial charge in [0.15, 0.2) is 0 Å². The van der Waals surface area contributed by atoms with Crippen molar-refractivity contribution in [2.24, 2.45) is 0 Å². The number of carbonyl (C=O) groups is 1. The Morgan fingerprint density at radius 2 is 2.38 bits per heavy atom. The van der Waals surface area contributed by atoms with Crippen molar-refractivity contribution in [3.8, 4) is 0 Å². The predicted octanol–water partition coefficient (Wildman–Crippen LogP) is -0.889. The van der Waals surface area contributed by atoms with Crippen molar-refractivity contribution in [1.29, 1.82) is 0 Å². The minimum absolute atomic E-state index is 0.131. The average molecular weight is 113 g/mol. The first-order valence-electron chi connectivity index (χ1n) is 2.79. The fraction of sp³-hybridized carbons (Fsp3) is 0.800. The van der Waals surface area contributed by atoms with Crippen molar-refractivity contribution >= 4 is 5.91 Å². The average Bonchev–Trinajstić information content (AvgIpc) is 1.94. The van der Waals surface area contributed by atoms with Gasteiger partial charge in [0.2, 0.25) is 5.91 Å². The van der Waals surface area contributed by atoms with Crippen LogP contribution in [0, 0.1) is 0 Å². The molecule has 0 aromatic carbocycles. The van der Waals surface area contributed by atoms with Gasteiger partial charge < -0.3 is 5.32 Å². The highest BCUT2D eigenvalue weighted by Crippen LogP contribution is 1.81. The molecule has 8 heavy (non-hydrogen) atoms. The normalized spacial score (nSPS) is 21.8. The first-order chi connectivity index (χ1) is 3.89. The highest BCUT2D eigenvalue weighted by molar-refractivity contribution is 5.76. The van der Waals surface area contributed by atoms with E-state index in [1.807, 2.05) is 0 Å². The van der Waals surface area contributed by atoms with Gasteiger partial charge in [-0.2, -0.15) is 0 Å². The van der Waals surface area contributed by atoms with E-state index in [9.17, 15) is 4.79 Å². The standard InChI is InChI=1S/C5H9N2O/c8-5-1-2-6-3-4-7-5/h1-4H2,(H,7,8). The molecule has 0 bridgehead atoms. The van der Waals surface area contributed by atoms with E-state index in [4.69, 9.17) is 0 Å². The Morgan fingerprint density at radius 1 is 1.50 bits per heavy atom. The van der Waals surface area contributed by atoms with Gasteiger partial charge in [0, 0.05) is 26.1 Å². The summed E-state index contributed by atoms with van der Waals surface area (Å²) in [5.74, 6) is 0.131. The van der Waals surface area contributed by atoms with Gasteiger partial charge in [-0.1, -0.05) is 0 Å². The van der Waals surface area contributed by atoms with Crippen LogP contribution in [0.1, 0.15) is 6.42 Å². The van der Waals surface area contributed by atoms with Gasteiger partial charge in [-0.25, -0.2) is 5.32 Å². The van der Waals surface area contributed by atoms with E-state index in [0.29, 0.717) is 13.0 Å². The molecule has 1 amide bonds. The summed E-state index contributed by atoms with van der Waals surface area (Å²) in [5, 5.41) is 6.75. The number of carbonyl (C=O) groups excluding carboxylic acids is 1. The van der Waals surface area contributed by atoms with Crippen molar-refractivity contribution in [2.45, 2.75) is 6.42 Å². The van der Waals surface area contributed by atoms with Gasteiger partial charge >= 0.3 is 0 Å². The summed E-state index contributed by atoms with van der Waals surface area (Å²) in [6.07, 6.45) is 0.569. The molecule has 1 aliphatic heterocycles. The first-order valence-corrected chi connectivity index (χ1v) is 2.79. The van der Waals surface area contributed by atoms with E-state index in [0.717, 1.165) is 13.1 Å². The largest absolute Gasteiger partial charge is 0.355 e. The van der Waals surface area contributed by atoms with Crippen LogP contribution in [0.4, 0.5) is 0 Å². The molecular formula is C5H9N2O. The minimum Gasteiger partial charge on any atom is -0.355 e. The third-order valence-electron chi connectivity index (χ3n) is 1.09. The van der Waals surface area contributed by atoms with Gasteiger partial charge in [-0.15, -0.1) is 0 Å². The molecule has 0 aromatic heterocycles. The molecule has 0 spiro atoms. The number of hydrogen-bond acceptors (Lipinski definition) is 1. The zero-order valence-corrected chi connectivity index (χ0v) is 4.68. The molecule has 1 N–H and O–H groups in total. The molecule has 1 radical (unpaired) electrons. The van der Waals surface area contributed by atoms with Crippen LogP contribution in [0.3, 0.4) is 0 Å². The van der Waals surface area contributed by atoms with Crippen LogP contribution in [0.25, 0.3) is 0 Å². The third-order valence-corrected chi connectivity index (χ3v) is 1.09. The predicted molar refractivity (Wildman–Crippen MR) is 29.5 cm³/mol. The summed E-state index contributed by atoms with van der Waals surface area (Å²) >= 11 is 0. The minimum atomic E-state index is 0.131. The summed E-state index contributed by atoms with van der Waals surface area (Å²) in [5.41, 5.74) is 0. The van der Waals surface area contributed by atoms with E-state index in [1.165, 1.54) is 0 Å². The fourth-order valence-corrected chi connectivity index (χ4v) is 0.655. The summed E-state index contributed by atoms with van der Waals surface area (Å²) in [4.78, 5) is 10.5. The van der Waals surface area contributed by atoms with Gasteiger partial charge in [0.1, 0.15) is 0 Å². The molecular weight excluding hydrogens is 104 g/mol. The molecule has 1 saturated heterocycles. The summed E-state index contributed by atoms with van der Waals surface area (Å²) in [6, 6.07) is 0. The Morgan fingerprint density at radius 3 is 3.25 bits per heavy atom. The highest BCUT2D eigenvalue weighted by Gasteiger charge is 2.03. The topological polar surface area (TPSA) is 43.2 Å². The van der Waals surface area contributed by atoms with Crippen LogP contribution in [0.5, 0.6) is 0 Å². The molecule has 0 aromatic rings. The molecule has 1 heterocycles. The van der Waals surface area contributed by atoms with Crippen LogP contribution in [0.2, 0.25) is 0 Å². The molecule has 0 saturated carbocycles. The Labute approximate surface area is 48.5 Å². The Hall–Kier alpha value is -0.570. The Balaban J connectivity index is 2.27. The molecule has 1 aliphatic rings. The SMILES string of the molecule is O=C1CC[N]CCN1. The second-order valence-corrected chi connectivity index (χ2v) is 1.77. The molecule has 1 fully saturated rings. The van der Waals surface area contributed by atoms with Gasteiger partial charge in [0.25, 0.3) is 0 Å². The van der Waals surface area contributed by atoms with Crippen LogP contribution in [-0.4, -0.2) is 25.5 Å². The van der Waals surface area contributed by atoms with Gasteiger partial charge in [-0.05, 0) is 0 Å². The van der Waals surface area contributed by atoms with E-state index in [1.54, 1.807) is 0 Å². The first kappa shape index (κ1) is 5.56. The van der Waals surface area contributed by atoms with Crippen molar-refractivity contribution in [1.82, 2.24) is 10.6 Å². The van der Waals surface area contributed by atoms with Crippen molar-refractivity contribution < 1.29 is 4.79 Å². The molecule has 45 valence electrons. The molecule has 0 unspecified atom stereocenters.